The Morgan fingerprint density at radius 1 is 1.29 bits per heavy atom. The molecule has 0 fully saturated rings. The van der Waals surface area contributed by atoms with E-state index < -0.39 is 0 Å². The molecule has 1 atom stereocenters. The maximum absolute atomic E-state index is 14.0. The van der Waals surface area contributed by atoms with Gasteiger partial charge in [-0.25, -0.2) is 4.39 Å². The molecule has 0 aliphatic carbocycles. The number of hydrogen-bond acceptors (Lipinski definition) is 1. The van der Waals surface area contributed by atoms with Gasteiger partial charge in [0.15, 0.2) is 0 Å². The second-order valence-electron chi connectivity index (χ2n) is 4.72. The zero-order valence-electron chi connectivity index (χ0n) is 11.5. The van der Waals surface area contributed by atoms with Gasteiger partial charge in [-0.3, -0.25) is 0 Å². The molecule has 1 unspecified atom stereocenters. The van der Waals surface area contributed by atoms with Crippen molar-refractivity contribution in [1.29, 1.82) is 0 Å². The quantitative estimate of drug-likeness (QED) is 0.536. The summed E-state index contributed by atoms with van der Waals surface area (Å²) in [6.45, 7) is 2.85. The smallest absolute Gasteiger partial charge is 0.127 e. The Morgan fingerprint density at radius 3 is 2.67 bits per heavy atom. The maximum Gasteiger partial charge on any atom is 0.127 e. The largest absolute Gasteiger partial charge is 0.310 e. The van der Waals surface area contributed by atoms with Crippen LogP contribution >= 0.6 is 50.1 Å². The number of benzene rings is 2. The van der Waals surface area contributed by atoms with Gasteiger partial charge in [0.05, 0.1) is 5.02 Å². The second kappa shape index (κ2) is 7.90. The molecule has 0 saturated carbocycles. The molecule has 2 rings (SSSR count). The number of nitrogens with one attached hydrogen (secondary N) is 1. The van der Waals surface area contributed by atoms with Gasteiger partial charge in [-0.05, 0) is 70.9 Å². The van der Waals surface area contributed by atoms with E-state index in [0.29, 0.717) is 12.0 Å². The summed E-state index contributed by atoms with van der Waals surface area (Å²) in [5.41, 5.74) is 1.77. The highest BCUT2D eigenvalue weighted by molar-refractivity contribution is 14.1. The number of rotatable bonds is 5. The van der Waals surface area contributed by atoms with Gasteiger partial charge in [-0.1, -0.05) is 46.6 Å². The van der Waals surface area contributed by atoms with Crippen LogP contribution in [0.4, 0.5) is 4.39 Å². The Labute approximate surface area is 151 Å². The SMILES string of the molecule is CCNC(Cc1ccc(Br)cc1F)c1ccc(I)c(Cl)c1. The Kier molecular flexibility index (Phi) is 6.47. The third-order valence-corrected chi connectivity index (χ3v) is 5.30. The maximum atomic E-state index is 14.0. The van der Waals surface area contributed by atoms with Crippen molar-refractivity contribution in [2.45, 2.75) is 19.4 Å². The van der Waals surface area contributed by atoms with E-state index in [4.69, 9.17) is 11.6 Å². The summed E-state index contributed by atoms with van der Waals surface area (Å²) in [4.78, 5) is 0. The van der Waals surface area contributed by atoms with Crippen LogP contribution in [0.1, 0.15) is 24.1 Å². The highest BCUT2D eigenvalue weighted by Crippen LogP contribution is 2.26. The van der Waals surface area contributed by atoms with E-state index in [9.17, 15) is 4.39 Å². The number of halogens is 4. The molecule has 0 aliphatic rings. The molecule has 1 nitrogen and oxygen atoms in total. The molecule has 21 heavy (non-hydrogen) atoms. The minimum atomic E-state index is -0.191. The van der Waals surface area contributed by atoms with Gasteiger partial charge in [0, 0.05) is 14.1 Å². The molecule has 0 saturated heterocycles. The van der Waals surface area contributed by atoms with E-state index in [2.05, 4.69) is 43.8 Å². The van der Waals surface area contributed by atoms with E-state index in [-0.39, 0.29) is 11.9 Å². The molecular formula is C16H15BrClFIN. The highest BCUT2D eigenvalue weighted by Gasteiger charge is 2.15. The Bertz CT molecular complexity index is 636. The fourth-order valence-electron chi connectivity index (χ4n) is 2.19. The molecule has 0 spiro atoms. The predicted molar refractivity (Wildman–Crippen MR) is 98.4 cm³/mol. The van der Waals surface area contributed by atoms with Gasteiger partial charge < -0.3 is 5.32 Å². The molecule has 2 aromatic rings. The Hall–Kier alpha value is -0.170. The molecule has 1 N–H and O–H groups in total. The van der Waals surface area contributed by atoms with Crippen molar-refractivity contribution >= 4 is 50.1 Å². The van der Waals surface area contributed by atoms with Crippen molar-refractivity contribution in [3.63, 3.8) is 0 Å². The van der Waals surface area contributed by atoms with Crippen LogP contribution in [-0.4, -0.2) is 6.54 Å². The lowest BCUT2D eigenvalue weighted by Crippen LogP contribution is -2.23. The minimum absolute atomic E-state index is 0.0418. The van der Waals surface area contributed by atoms with Gasteiger partial charge in [0.25, 0.3) is 0 Å². The van der Waals surface area contributed by atoms with Gasteiger partial charge in [0.2, 0.25) is 0 Å². The highest BCUT2D eigenvalue weighted by atomic mass is 127. The van der Waals surface area contributed by atoms with Crippen molar-refractivity contribution in [2.75, 3.05) is 6.54 Å². The van der Waals surface area contributed by atoms with Crippen LogP contribution in [0.2, 0.25) is 5.02 Å². The molecule has 0 radical (unpaired) electrons. The zero-order chi connectivity index (χ0) is 15.4. The molecule has 0 bridgehead atoms. The monoisotopic (exact) mass is 481 g/mol. The van der Waals surface area contributed by atoms with Crippen LogP contribution in [0, 0.1) is 9.39 Å². The molecule has 0 aliphatic heterocycles. The normalized spacial score (nSPS) is 12.4. The summed E-state index contributed by atoms with van der Waals surface area (Å²) in [6.07, 6.45) is 0.587. The van der Waals surface area contributed by atoms with E-state index in [1.165, 1.54) is 6.07 Å². The molecule has 5 heteroatoms. The third-order valence-electron chi connectivity index (χ3n) is 3.24. The van der Waals surface area contributed by atoms with Crippen molar-refractivity contribution in [2.24, 2.45) is 0 Å². The fourth-order valence-corrected chi connectivity index (χ4v) is 3.05. The Morgan fingerprint density at radius 2 is 2.05 bits per heavy atom. The summed E-state index contributed by atoms with van der Waals surface area (Å²) < 4.78 is 15.8. The van der Waals surface area contributed by atoms with Crippen molar-refractivity contribution in [1.82, 2.24) is 5.32 Å². The lowest BCUT2D eigenvalue weighted by Gasteiger charge is -2.19. The average Bonchev–Trinajstić information content (AvgIpc) is 2.44. The summed E-state index contributed by atoms with van der Waals surface area (Å²) in [5.74, 6) is -0.191. The summed E-state index contributed by atoms with van der Waals surface area (Å²) >= 11 is 11.7. The fraction of sp³-hybridized carbons (Fsp3) is 0.250. The van der Waals surface area contributed by atoms with Crippen molar-refractivity contribution in [3.8, 4) is 0 Å². The van der Waals surface area contributed by atoms with Crippen LogP contribution in [0.25, 0.3) is 0 Å². The molecule has 2 aromatic carbocycles. The lowest BCUT2D eigenvalue weighted by molar-refractivity contribution is 0.527. The topological polar surface area (TPSA) is 12.0 Å². The lowest BCUT2D eigenvalue weighted by atomic mass is 9.98. The zero-order valence-corrected chi connectivity index (χ0v) is 16.0. The van der Waals surface area contributed by atoms with Crippen LogP contribution in [0.15, 0.2) is 40.9 Å². The number of hydrogen-bond donors (Lipinski definition) is 1. The third kappa shape index (κ3) is 4.65. The van der Waals surface area contributed by atoms with Crippen molar-refractivity contribution in [3.05, 3.63) is 66.4 Å². The van der Waals surface area contributed by atoms with Gasteiger partial charge in [-0.15, -0.1) is 0 Å². The molecule has 0 aromatic heterocycles. The standard InChI is InChI=1S/C16H15BrClFIN/c1-2-21-16(11-4-6-15(20)13(18)7-11)8-10-3-5-12(17)9-14(10)19/h3-7,9,16,21H,2,8H2,1H3. The minimum Gasteiger partial charge on any atom is -0.310 e. The van der Waals surface area contributed by atoms with E-state index in [0.717, 1.165) is 25.2 Å². The van der Waals surface area contributed by atoms with Gasteiger partial charge in [-0.2, -0.15) is 0 Å². The van der Waals surface area contributed by atoms with E-state index in [1.807, 2.05) is 37.3 Å². The molecule has 0 amide bonds. The average molecular weight is 483 g/mol. The van der Waals surface area contributed by atoms with Gasteiger partial charge in [0.1, 0.15) is 5.82 Å². The Balaban J connectivity index is 2.28. The summed E-state index contributed by atoms with van der Waals surface area (Å²) in [6, 6.07) is 11.2. The van der Waals surface area contributed by atoms with Crippen LogP contribution in [0.5, 0.6) is 0 Å². The summed E-state index contributed by atoms with van der Waals surface area (Å²) in [7, 11) is 0. The first-order valence-corrected chi connectivity index (χ1v) is 8.88. The predicted octanol–water partition coefficient (Wildman–Crippen LogP) is 5.74. The summed E-state index contributed by atoms with van der Waals surface area (Å²) in [5, 5.41) is 4.13. The molecule has 0 heterocycles. The second-order valence-corrected chi connectivity index (χ2v) is 7.21. The first kappa shape index (κ1) is 17.2. The first-order valence-electron chi connectivity index (χ1n) is 6.63. The first-order chi connectivity index (χ1) is 10.0. The van der Waals surface area contributed by atoms with Gasteiger partial charge >= 0.3 is 0 Å². The van der Waals surface area contributed by atoms with Crippen LogP contribution < -0.4 is 5.32 Å². The van der Waals surface area contributed by atoms with E-state index >= 15 is 0 Å². The van der Waals surface area contributed by atoms with E-state index in [1.54, 1.807) is 0 Å². The van der Waals surface area contributed by atoms with Crippen molar-refractivity contribution < 1.29 is 4.39 Å². The number of likely N-dealkylation sites (N-methyl/N-ethyl adjacent to an activating group) is 1. The van der Waals surface area contributed by atoms with Crippen LogP contribution in [-0.2, 0) is 6.42 Å². The van der Waals surface area contributed by atoms with Crippen LogP contribution in [0.3, 0.4) is 0 Å². The molecular weight excluding hydrogens is 467 g/mol. The molecule has 112 valence electrons.